The first kappa shape index (κ1) is 17.9. The van der Waals surface area contributed by atoms with Crippen LogP contribution in [-0.2, 0) is 19.6 Å². The molecular formula is C17H22N2O5S. The standard InChI is InChI=1S/C17H22N2O5S/c1-2-24-17(21)14-5-7-15(8-6-14)25(22,23)19-11-9-18(10-12-19)16(20)13-3-4-13/h5-8,13H,2-4,9-12H2,1H3. The molecule has 25 heavy (non-hydrogen) atoms. The molecule has 1 amide bonds. The van der Waals surface area contributed by atoms with Gasteiger partial charge in [0.15, 0.2) is 0 Å². The third-order valence-corrected chi connectivity index (χ3v) is 6.39. The SMILES string of the molecule is CCOC(=O)c1ccc(S(=O)(=O)N2CCN(C(=O)C3CC3)CC2)cc1. The van der Waals surface area contributed by atoms with Crippen LogP contribution in [0.1, 0.15) is 30.1 Å². The van der Waals surface area contributed by atoms with Crippen molar-refractivity contribution in [3.8, 4) is 0 Å². The Hall–Kier alpha value is -1.93. The highest BCUT2D eigenvalue weighted by molar-refractivity contribution is 7.89. The van der Waals surface area contributed by atoms with Crippen LogP contribution in [0.2, 0.25) is 0 Å². The summed E-state index contributed by atoms with van der Waals surface area (Å²) in [4.78, 5) is 25.6. The van der Waals surface area contributed by atoms with Gasteiger partial charge in [-0.3, -0.25) is 4.79 Å². The van der Waals surface area contributed by atoms with Crippen LogP contribution >= 0.6 is 0 Å². The normalized spacial score (nSPS) is 18.8. The number of carbonyl (C=O) groups is 2. The molecule has 2 fully saturated rings. The minimum atomic E-state index is -3.63. The van der Waals surface area contributed by atoms with Crippen LogP contribution in [-0.4, -0.2) is 62.3 Å². The van der Waals surface area contributed by atoms with E-state index in [1.54, 1.807) is 11.8 Å². The lowest BCUT2D eigenvalue weighted by Crippen LogP contribution is -2.50. The third-order valence-electron chi connectivity index (χ3n) is 4.48. The number of hydrogen-bond donors (Lipinski definition) is 0. The zero-order chi connectivity index (χ0) is 18.0. The number of rotatable bonds is 5. The summed E-state index contributed by atoms with van der Waals surface area (Å²) in [5.74, 6) is -0.173. The molecule has 3 rings (SSSR count). The summed E-state index contributed by atoms with van der Waals surface area (Å²) in [6, 6.07) is 5.75. The van der Waals surface area contributed by atoms with Crippen LogP contribution in [0.4, 0.5) is 0 Å². The molecule has 1 aliphatic heterocycles. The van der Waals surface area contributed by atoms with E-state index in [1.807, 2.05) is 0 Å². The van der Waals surface area contributed by atoms with Crippen molar-refractivity contribution < 1.29 is 22.7 Å². The zero-order valence-electron chi connectivity index (χ0n) is 14.2. The number of ether oxygens (including phenoxy) is 1. The largest absolute Gasteiger partial charge is 0.462 e. The molecule has 0 radical (unpaired) electrons. The summed E-state index contributed by atoms with van der Waals surface area (Å²) in [6.07, 6.45) is 1.90. The lowest BCUT2D eigenvalue weighted by Gasteiger charge is -2.34. The number of amides is 1. The fraction of sp³-hybridized carbons (Fsp3) is 0.529. The van der Waals surface area contributed by atoms with Gasteiger partial charge >= 0.3 is 5.97 Å². The van der Waals surface area contributed by atoms with Gasteiger partial charge in [0.05, 0.1) is 17.1 Å². The number of esters is 1. The molecule has 1 aromatic carbocycles. The second-order valence-corrected chi connectivity index (χ2v) is 8.19. The highest BCUT2D eigenvalue weighted by atomic mass is 32.2. The Bertz CT molecular complexity index is 748. The minimum absolute atomic E-state index is 0.141. The van der Waals surface area contributed by atoms with Gasteiger partial charge in [-0.05, 0) is 44.0 Å². The summed E-state index contributed by atoms with van der Waals surface area (Å²) in [6.45, 7) is 3.42. The number of sulfonamides is 1. The number of piperazine rings is 1. The summed E-state index contributed by atoms with van der Waals surface area (Å²) >= 11 is 0. The Labute approximate surface area is 147 Å². The van der Waals surface area contributed by atoms with Gasteiger partial charge in [-0.15, -0.1) is 0 Å². The Morgan fingerprint density at radius 2 is 1.68 bits per heavy atom. The van der Waals surface area contributed by atoms with Gasteiger partial charge < -0.3 is 9.64 Å². The molecule has 1 saturated carbocycles. The lowest BCUT2D eigenvalue weighted by atomic mass is 10.2. The van der Waals surface area contributed by atoms with Crippen LogP contribution in [0.5, 0.6) is 0 Å². The Morgan fingerprint density at radius 1 is 1.08 bits per heavy atom. The van der Waals surface area contributed by atoms with Gasteiger partial charge in [0.2, 0.25) is 15.9 Å². The van der Waals surface area contributed by atoms with E-state index in [9.17, 15) is 18.0 Å². The first-order chi connectivity index (χ1) is 11.9. The average Bonchev–Trinajstić information content (AvgIpc) is 3.47. The second-order valence-electron chi connectivity index (χ2n) is 6.25. The average molecular weight is 366 g/mol. The van der Waals surface area contributed by atoms with Crippen molar-refractivity contribution in [2.75, 3.05) is 32.8 Å². The molecule has 0 bridgehead atoms. The first-order valence-corrected chi connectivity index (χ1v) is 9.93. The zero-order valence-corrected chi connectivity index (χ0v) is 15.0. The molecule has 0 atom stereocenters. The van der Waals surface area contributed by atoms with Gasteiger partial charge in [-0.25, -0.2) is 13.2 Å². The highest BCUT2D eigenvalue weighted by Crippen LogP contribution is 2.31. The van der Waals surface area contributed by atoms with Crippen LogP contribution in [0.15, 0.2) is 29.2 Å². The number of nitrogens with zero attached hydrogens (tertiary/aromatic N) is 2. The fourth-order valence-corrected chi connectivity index (χ4v) is 4.29. The summed E-state index contributed by atoms with van der Waals surface area (Å²) in [5, 5.41) is 0. The minimum Gasteiger partial charge on any atom is -0.462 e. The first-order valence-electron chi connectivity index (χ1n) is 8.49. The van der Waals surface area contributed by atoms with Gasteiger partial charge in [-0.1, -0.05) is 0 Å². The van der Waals surface area contributed by atoms with Crippen molar-refractivity contribution in [3.05, 3.63) is 29.8 Å². The van der Waals surface area contributed by atoms with E-state index < -0.39 is 16.0 Å². The molecule has 2 aliphatic rings. The van der Waals surface area contributed by atoms with Crippen LogP contribution in [0, 0.1) is 5.92 Å². The monoisotopic (exact) mass is 366 g/mol. The summed E-state index contributed by atoms with van der Waals surface area (Å²) in [7, 11) is -3.63. The molecular weight excluding hydrogens is 344 g/mol. The molecule has 1 aliphatic carbocycles. The topological polar surface area (TPSA) is 84.0 Å². The van der Waals surface area contributed by atoms with Crippen molar-refractivity contribution in [2.24, 2.45) is 5.92 Å². The van der Waals surface area contributed by atoms with Gasteiger partial charge in [0, 0.05) is 32.1 Å². The van der Waals surface area contributed by atoms with Crippen LogP contribution in [0.3, 0.4) is 0 Å². The number of hydrogen-bond acceptors (Lipinski definition) is 5. The van der Waals surface area contributed by atoms with Gasteiger partial charge in [-0.2, -0.15) is 4.31 Å². The van der Waals surface area contributed by atoms with E-state index in [0.29, 0.717) is 31.7 Å². The second kappa shape index (κ2) is 7.13. The summed E-state index contributed by atoms with van der Waals surface area (Å²) in [5.41, 5.74) is 0.320. The molecule has 1 saturated heterocycles. The van der Waals surface area contributed by atoms with E-state index in [-0.39, 0.29) is 23.3 Å². The van der Waals surface area contributed by atoms with E-state index in [4.69, 9.17) is 4.74 Å². The molecule has 1 heterocycles. The predicted octanol–water partition coefficient (Wildman–Crippen LogP) is 1.11. The van der Waals surface area contributed by atoms with Gasteiger partial charge in [0.25, 0.3) is 0 Å². The molecule has 136 valence electrons. The van der Waals surface area contributed by atoms with Crippen molar-refractivity contribution >= 4 is 21.9 Å². The number of benzene rings is 1. The smallest absolute Gasteiger partial charge is 0.338 e. The van der Waals surface area contributed by atoms with Crippen molar-refractivity contribution in [1.29, 1.82) is 0 Å². The van der Waals surface area contributed by atoms with Crippen molar-refractivity contribution in [1.82, 2.24) is 9.21 Å². The van der Waals surface area contributed by atoms with Crippen LogP contribution < -0.4 is 0 Å². The Kier molecular flexibility index (Phi) is 5.10. The van der Waals surface area contributed by atoms with Crippen LogP contribution in [0.25, 0.3) is 0 Å². The summed E-state index contributed by atoms with van der Waals surface area (Å²) < 4.78 is 31.7. The molecule has 0 aromatic heterocycles. The maximum atomic E-state index is 12.7. The molecule has 1 aromatic rings. The number of carbonyl (C=O) groups excluding carboxylic acids is 2. The molecule has 7 nitrogen and oxygen atoms in total. The molecule has 0 unspecified atom stereocenters. The molecule has 0 N–H and O–H groups in total. The van der Waals surface area contributed by atoms with Crippen molar-refractivity contribution in [2.45, 2.75) is 24.7 Å². The third kappa shape index (κ3) is 3.85. The Morgan fingerprint density at radius 3 is 2.20 bits per heavy atom. The van der Waals surface area contributed by atoms with E-state index in [2.05, 4.69) is 0 Å². The highest BCUT2D eigenvalue weighted by Gasteiger charge is 2.36. The predicted molar refractivity (Wildman–Crippen MR) is 90.5 cm³/mol. The van der Waals surface area contributed by atoms with E-state index >= 15 is 0 Å². The lowest BCUT2D eigenvalue weighted by molar-refractivity contribution is -0.133. The Balaban J connectivity index is 1.65. The van der Waals surface area contributed by atoms with Crippen molar-refractivity contribution in [3.63, 3.8) is 0 Å². The fourth-order valence-electron chi connectivity index (χ4n) is 2.86. The van der Waals surface area contributed by atoms with E-state index in [1.165, 1.54) is 28.6 Å². The maximum absolute atomic E-state index is 12.7. The molecule has 8 heteroatoms. The molecule has 0 spiro atoms. The van der Waals surface area contributed by atoms with E-state index in [0.717, 1.165) is 12.8 Å². The quantitative estimate of drug-likeness (QED) is 0.729. The van der Waals surface area contributed by atoms with Gasteiger partial charge in [0.1, 0.15) is 0 Å². The maximum Gasteiger partial charge on any atom is 0.338 e.